The molecule has 1 nitrogen and oxygen atoms in total. The molecule has 104 valence electrons. The first-order valence-electron chi connectivity index (χ1n) is 7.30. The Bertz CT molecular complexity index is 852. The van der Waals surface area contributed by atoms with E-state index in [1.54, 1.807) is 0 Å². The van der Waals surface area contributed by atoms with Crippen LogP contribution < -0.4 is 10.4 Å². The van der Waals surface area contributed by atoms with Crippen molar-refractivity contribution in [2.75, 3.05) is 4.90 Å². The molecule has 0 aliphatic carbocycles. The van der Waals surface area contributed by atoms with Gasteiger partial charge in [-0.3, -0.25) is 0 Å². The monoisotopic (exact) mass is 317 g/mol. The van der Waals surface area contributed by atoms with Crippen molar-refractivity contribution in [3.63, 3.8) is 0 Å². The van der Waals surface area contributed by atoms with Crippen LogP contribution in [0.3, 0.4) is 0 Å². The second kappa shape index (κ2) is 4.61. The van der Waals surface area contributed by atoms with E-state index in [9.17, 15) is 0 Å². The van der Waals surface area contributed by atoms with Crippen molar-refractivity contribution < 1.29 is 0 Å². The second-order valence-corrected chi connectivity index (χ2v) is 7.75. The summed E-state index contributed by atoms with van der Waals surface area (Å²) in [6.45, 7) is 0. The molecule has 0 atom stereocenters. The lowest BCUT2D eigenvalue weighted by molar-refractivity contribution is 1.09. The van der Waals surface area contributed by atoms with E-state index < -0.39 is 0 Å². The van der Waals surface area contributed by atoms with Crippen LogP contribution in [0.4, 0.5) is 17.1 Å². The van der Waals surface area contributed by atoms with E-state index in [-0.39, 0.29) is 0 Å². The number of nitrogens with zero attached hydrogens (tertiary/aromatic N) is 1. The maximum absolute atomic E-state index is 2.43. The Balaban J connectivity index is 1.88. The molecule has 0 saturated carbocycles. The van der Waals surface area contributed by atoms with Crippen LogP contribution in [0.1, 0.15) is 0 Å². The third kappa shape index (κ3) is 1.71. The van der Waals surface area contributed by atoms with Crippen LogP contribution in [-0.2, 0) is 0 Å². The van der Waals surface area contributed by atoms with Gasteiger partial charge in [0.05, 0.1) is 17.1 Å². The summed E-state index contributed by atoms with van der Waals surface area (Å²) in [7, 11) is 2.18. The molecule has 5 rings (SSSR count). The van der Waals surface area contributed by atoms with Crippen molar-refractivity contribution in [1.29, 1.82) is 0 Å². The fourth-order valence-corrected chi connectivity index (χ4v) is 5.60. The van der Waals surface area contributed by atoms with Gasteiger partial charge in [-0.05, 0) is 24.3 Å². The molecule has 3 aromatic rings. The molecule has 0 aromatic heterocycles. The van der Waals surface area contributed by atoms with Gasteiger partial charge in [-0.2, -0.15) is 0 Å². The van der Waals surface area contributed by atoms with E-state index in [1.165, 1.54) is 42.1 Å². The molecular weight excluding hydrogens is 305 g/mol. The molecule has 0 bridgehead atoms. The number of anilines is 3. The maximum Gasteiger partial charge on any atom is 0.139 e. The van der Waals surface area contributed by atoms with Crippen molar-refractivity contribution >= 4 is 53.9 Å². The summed E-state index contributed by atoms with van der Waals surface area (Å²) in [6.07, 6.45) is 0. The number of hydrogen-bond donors (Lipinski definition) is 0. The molecule has 0 saturated heterocycles. The Morgan fingerprint density at radius 2 is 1.18 bits per heavy atom. The highest BCUT2D eigenvalue weighted by Crippen LogP contribution is 2.59. The van der Waals surface area contributed by atoms with Crippen LogP contribution >= 0.6 is 23.5 Å². The van der Waals surface area contributed by atoms with Gasteiger partial charge in [-0.15, -0.1) is 0 Å². The molecule has 0 fully saturated rings. The summed E-state index contributed by atoms with van der Waals surface area (Å²) >= 11 is 3.77. The van der Waals surface area contributed by atoms with Crippen molar-refractivity contribution in [3.05, 3.63) is 60.7 Å². The summed E-state index contributed by atoms with van der Waals surface area (Å²) in [6, 6.07) is 22.0. The average Bonchev–Trinajstić information content (AvgIpc) is 2.54. The minimum Gasteiger partial charge on any atom is -0.306 e. The normalized spacial score (nSPS) is 14.1. The molecule has 22 heavy (non-hydrogen) atoms. The van der Waals surface area contributed by atoms with Gasteiger partial charge in [-0.25, -0.2) is 0 Å². The summed E-state index contributed by atoms with van der Waals surface area (Å²) in [5, 5.41) is 0. The molecule has 0 radical (unpaired) electrons. The largest absolute Gasteiger partial charge is 0.306 e. The lowest BCUT2D eigenvalue weighted by Crippen LogP contribution is -2.20. The molecule has 2 aliphatic rings. The predicted molar refractivity (Wildman–Crippen MR) is 97.5 cm³/mol. The van der Waals surface area contributed by atoms with E-state index in [4.69, 9.17) is 0 Å². The fourth-order valence-electron chi connectivity index (χ4n) is 3.15. The van der Waals surface area contributed by atoms with E-state index in [2.05, 4.69) is 73.4 Å². The summed E-state index contributed by atoms with van der Waals surface area (Å²) < 4.78 is 0. The molecule has 0 unspecified atom stereocenters. The standard InChI is InChI=1S/C18H12BNS2/c19-11-9-16-18-17(10-11)22-15-8-4-2-6-13(15)20(18)12-5-1-3-7-14(12)21-16/h1-10H,19H2. The van der Waals surface area contributed by atoms with E-state index in [1.807, 2.05) is 23.5 Å². The van der Waals surface area contributed by atoms with Crippen molar-refractivity contribution in [2.45, 2.75) is 19.6 Å². The second-order valence-electron chi connectivity index (χ2n) is 5.58. The van der Waals surface area contributed by atoms with Gasteiger partial charge in [0.2, 0.25) is 0 Å². The maximum atomic E-state index is 2.43. The van der Waals surface area contributed by atoms with Crippen LogP contribution in [0, 0.1) is 0 Å². The molecule has 0 N–H and O–H groups in total. The molecule has 4 heteroatoms. The van der Waals surface area contributed by atoms with Crippen LogP contribution in [0.2, 0.25) is 0 Å². The van der Waals surface area contributed by atoms with Gasteiger partial charge < -0.3 is 4.90 Å². The van der Waals surface area contributed by atoms with Gasteiger partial charge in [0, 0.05) is 19.6 Å². The first-order chi connectivity index (χ1) is 10.8. The summed E-state index contributed by atoms with van der Waals surface area (Å²) in [5.74, 6) is 0. The molecule has 2 aliphatic heterocycles. The van der Waals surface area contributed by atoms with E-state index >= 15 is 0 Å². The van der Waals surface area contributed by atoms with Gasteiger partial charge in [-0.1, -0.05) is 65.4 Å². The van der Waals surface area contributed by atoms with Crippen molar-refractivity contribution in [1.82, 2.24) is 0 Å². The lowest BCUT2D eigenvalue weighted by Gasteiger charge is -2.38. The molecule has 0 amide bonds. The predicted octanol–water partition coefficient (Wildman–Crippen LogP) is 4.34. The quantitative estimate of drug-likeness (QED) is 0.391. The number of para-hydroxylation sites is 2. The van der Waals surface area contributed by atoms with Crippen LogP contribution in [0.25, 0.3) is 0 Å². The zero-order chi connectivity index (χ0) is 14.7. The minimum atomic E-state index is 1.29. The van der Waals surface area contributed by atoms with Gasteiger partial charge in [0.1, 0.15) is 7.85 Å². The molecule has 2 heterocycles. The lowest BCUT2D eigenvalue weighted by atomic mass is 9.95. The molecular formula is C18H12BNS2. The molecule has 3 aromatic carbocycles. The third-order valence-corrected chi connectivity index (χ3v) is 6.25. The zero-order valence-corrected chi connectivity index (χ0v) is 13.7. The van der Waals surface area contributed by atoms with E-state index in [0.29, 0.717) is 0 Å². The summed E-state index contributed by atoms with van der Waals surface area (Å²) in [4.78, 5) is 7.80. The van der Waals surface area contributed by atoms with Crippen LogP contribution in [0.5, 0.6) is 0 Å². The highest BCUT2D eigenvalue weighted by atomic mass is 32.2. The zero-order valence-electron chi connectivity index (χ0n) is 12.0. The first kappa shape index (κ1) is 12.7. The minimum absolute atomic E-state index is 1.29. The topological polar surface area (TPSA) is 3.24 Å². The average molecular weight is 317 g/mol. The third-order valence-electron chi connectivity index (χ3n) is 4.06. The highest BCUT2D eigenvalue weighted by molar-refractivity contribution is 8.00. The van der Waals surface area contributed by atoms with Crippen LogP contribution in [-0.4, -0.2) is 7.85 Å². The first-order valence-corrected chi connectivity index (χ1v) is 8.93. The Morgan fingerprint density at radius 1 is 0.682 bits per heavy atom. The number of fused-ring (bicyclic) bond motifs is 4. The summed E-state index contributed by atoms with van der Waals surface area (Å²) in [5.41, 5.74) is 5.25. The van der Waals surface area contributed by atoms with Crippen molar-refractivity contribution in [3.8, 4) is 0 Å². The van der Waals surface area contributed by atoms with Gasteiger partial charge in [0.25, 0.3) is 0 Å². The number of hydrogen-bond acceptors (Lipinski definition) is 3. The number of benzene rings is 3. The highest BCUT2D eigenvalue weighted by Gasteiger charge is 2.32. The SMILES string of the molecule is Bc1cc2c3c(c1)Sc1ccccc1N3c1ccccc1S2. The van der Waals surface area contributed by atoms with Crippen LogP contribution in [0.15, 0.2) is 80.2 Å². The molecule has 0 spiro atoms. The van der Waals surface area contributed by atoms with E-state index in [0.717, 1.165) is 0 Å². The Morgan fingerprint density at radius 3 is 1.73 bits per heavy atom. The Hall–Kier alpha value is -1.78. The Labute approximate surface area is 139 Å². The van der Waals surface area contributed by atoms with Gasteiger partial charge in [0.15, 0.2) is 0 Å². The van der Waals surface area contributed by atoms with Gasteiger partial charge >= 0.3 is 0 Å². The smallest absolute Gasteiger partial charge is 0.139 e. The fraction of sp³-hybridized carbons (Fsp3) is 0. The Kier molecular flexibility index (Phi) is 2.67. The number of rotatable bonds is 0. The van der Waals surface area contributed by atoms with Crippen molar-refractivity contribution in [2.24, 2.45) is 0 Å².